The molecule has 1 N–H and O–H groups in total. The van der Waals surface area contributed by atoms with Crippen molar-refractivity contribution in [2.45, 2.75) is 25.8 Å². The number of aromatic nitrogens is 1. The van der Waals surface area contributed by atoms with Crippen molar-refractivity contribution in [1.82, 2.24) is 4.98 Å². The van der Waals surface area contributed by atoms with E-state index in [9.17, 15) is 18.3 Å². The van der Waals surface area contributed by atoms with Crippen molar-refractivity contribution in [3.63, 3.8) is 0 Å². The lowest BCUT2D eigenvalue weighted by atomic mass is 10.1. The topological polar surface area (TPSA) is 42.4 Å². The number of nitrogens with zero attached hydrogens (tertiary/aromatic N) is 1. The van der Waals surface area contributed by atoms with Crippen molar-refractivity contribution in [3.05, 3.63) is 23.9 Å². The molecule has 0 aliphatic carbocycles. The van der Waals surface area contributed by atoms with Crippen LogP contribution in [0.2, 0.25) is 0 Å². The standard InChI is InChI=1S/C9H10F3NO2/c1-2-7(14)6-3-4-8(13-5-6)15-9(10,11)12/h3-5,7,14H,2H2,1H3. The van der Waals surface area contributed by atoms with E-state index >= 15 is 0 Å². The Balaban J connectivity index is 2.72. The summed E-state index contributed by atoms with van der Waals surface area (Å²) in [5.74, 6) is -0.533. The number of aliphatic hydroxyl groups is 1. The van der Waals surface area contributed by atoms with Gasteiger partial charge in [-0.05, 0) is 18.1 Å². The fraction of sp³-hybridized carbons (Fsp3) is 0.444. The summed E-state index contributed by atoms with van der Waals surface area (Å²) in [5.41, 5.74) is 0.465. The molecule has 0 fully saturated rings. The second kappa shape index (κ2) is 4.48. The van der Waals surface area contributed by atoms with Crippen molar-refractivity contribution in [1.29, 1.82) is 0 Å². The Kier molecular flexibility index (Phi) is 3.52. The van der Waals surface area contributed by atoms with Crippen LogP contribution in [0, 0.1) is 0 Å². The Hall–Kier alpha value is -1.30. The van der Waals surface area contributed by atoms with Gasteiger partial charge in [0.1, 0.15) is 0 Å². The van der Waals surface area contributed by atoms with E-state index in [1.165, 1.54) is 6.07 Å². The van der Waals surface area contributed by atoms with Crippen molar-refractivity contribution in [2.24, 2.45) is 0 Å². The molecule has 0 saturated heterocycles. The Morgan fingerprint density at radius 2 is 2.13 bits per heavy atom. The third-order valence-electron chi connectivity index (χ3n) is 1.75. The average Bonchev–Trinajstić information content (AvgIpc) is 2.15. The van der Waals surface area contributed by atoms with Crippen LogP contribution in [0.15, 0.2) is 18.3 Å². The number of pyridine rings is 1. The first-order chi connectivity index (χ1) is 6.92. The van der Waals surface area contributed by atoms with E-state index in [0.29, 0.717) is 12.0 Å². The lowest BCUT2D eigenvalue weighted by Gasteiger charge is -2.10. The summed E-state index contributed by atoms with van der Waals surface area (Å²) in [4.78, 5) is 3.43. The normalized spacial score (nSPS) is 13.7. The summed E-state index contributed by atoms with van der Waals surface area (Å²) < 4.78 is 38.8. The van der Waals surface area contributed by atoms with Gasteiger partial charge in [-0.15, -0.1) is 13.2 Å². The molecule has 3 nitrogen and oxygen atoms in total. The van der Waals surface area contributed by atoms with E-state index in [2.05, 4.69) is 9.72 Å². The van der Waals surface area contributed by atoms with Crippen molar-refractivity contribution in [3.8, 4) is 5.88 Å². The molecule has 0 bridgehead atoms. The fourth-order valence-electron chi connectivity index (χ4n) is 1.00. The molecule has 84 valence electrons. The summed E-state index contributed by atoms with van der Waals surface area (Å²) >= 11 is 0. The minimum atomic E-state index is -4.74. The minimum absolute atomic E-state index is 0.465. The maximum absolute atomic E-state index is 11.8. The highest BCUT2D eigenvalue weighted by atomic mass is 19.4. The molecule has 1 rings (SSSR count). The van der Waals surface area contributed by atoms with E-state index < -0.39 is 18.3 Å². The molecule has 15 heavy (non-hydrogen) atoms. The van der Waals surface area contributed by atoms with Gasteiger partial charge in [-0.25, -0.2) is 4.98 Å². The smallest absolute Gasteiger partial charge is 0.388 e. The van der Waals surface area contributed by atoms with Crippen LogP contribution < -0.4 is 4.74 Å². The number of alkyl halides is 3. The van der Waals surface area contributed by atoms with Crippen LogP contribution >= 0.6 is 0 Å². The fourth-order valence-corrected chi connectivity index (χ4v) is 1.00. The van der Waals surface area contributed by atoms with E-state index in [1.807, 2.05) is 0 Å². The molecule has 1 atom stereocenters. The first-order valence-corrected chi connectivity index (χ1v) is 4.32. The monoisotopic (exact) mass is 221 g/mol. The predicted molar refractivity (Wildman–Crippen MR) is 46.2 cm³/mol. The van der Waals surface area contributed by atoms with E-state index in [1.54, 1.807) is 6.92 Å². The van der Waals surface area contributed by atoms with E-state index in [4.69, 9.17) is 0 Å². The number of halogens is 3. The van der Waals surface area contributed by atoms with Gasteiger partial charge in [-0.2, -0.15) is 0 Å². The Morgan fingerprint density at radius 3 is 2.53 bits per heavy atom. The van der Waals surface area contributed by atoms with Crippen LogP contribution in [0.3, 0.4) is 0 Å². The van der Waals surface area contributed by atoms with Gasteiger partial charge in [0, 0.05) is 12.3 Å². The predicted octanol–water partition coefficient (Wildman–Crippen LogP) is 2.42. The van der Waals surface area contributed by atoms with Gasteiger partial charge in [0.2, 0.25) is 5.88 Å². The third-order valence-corrected chi connectivity index (χ3v) is 1.75. The summed E-state index contributed by atoms with van der Waals surface area (Å²) in [5, 5.41) is 9.35. The van der Waals surface area contributed by atoms with E-state index in [-0.39, 0.29) is 0 Å². The van der Waals surface area contributed by atoms with Gasteiger partial charge in [0.15, 0.2) is 0 Å². The van der Waals surface area contributed by atoms with Crippen LogP contribution in [-0.4, -0.2) is 16.5 Å². The van der Waals surface area contributed by atoms with Gasteiger partial charge < -0.3 is 9.84 Å². The zero-order chi connectivity index (χ0) is 11.5. The van der Waals surface area contributed by atoms with Gasteiger partial charge in [-0.3, -0.25) is 0 Å². The highest BCUT2D eigenvalue weighted by molar-refractivity contribution is 5.19. The molecule has 1 heterocycles. The van der Waals surface area contributed by atoms with Crippen molar-refractivity contribution in [2.75, 3.05) is 0 Å². The summed E-state index contributed by atoms with van der Waals surface area (Å²) in [6.07, 6.45) is -3.81. The maximum atomic E-state index is 11.8. The van der Waals surface area contributed by atoms with Gasteiger partial charge in [-0.1, -0.05) is 6.92 Å². The molecule has 0 amide bonds. The second-order valence-corrected chi connectivity index (χ2v) is 2.90. The highest BCUT2D eigenvalue weighted by Gasteiger charge is 2.31. The first-order valence-electron chi connectivity index (χ1n) is 4.32. The lowest BCUT2D eigenvalue weighted by Crippen LogP contribution is -2.17. The Morgan fingerprint density at radius 1 is 1.47 bits per heavy atom. The van der Waals surface area contributed by atoms with Crippen LogP contribution in [0.4, 0.5) is 13.2 Å². The number of ether oxygens (including phenoxy) is 1. The molecule has 0 aliphatic heterocycles. The van der Waals surface area contributed by atoms with Crippen LogP contribution in [0.25, 0.3) is 0 Å². The highest BCUT2D eigenvalue weighted by Crippen LogP contribution is 2.22. The Bertz CT molecular complexity index is 310. The Labute approximate surface area is 84.5 Å². The first kappa shape index (κ1) is 11.8. The lowest BCUT2D eigenvalue weighted by molar-refractivity contribution is -0.276. The molecule has 0 aromatic carbocycles. The number of hydrogen-bond donors (Lipinski definition) is 1. The van der Waals surface area contributed by atoms with Gasteiger partial charge in [0.05, 0.1) is 6.10 Å². The summed E-state index contributed by atoms with van der Waals surface area (Å²) in [6.45, 7) is 1.75. The van der Waals surface area contributed by atoms with Gasteiger partial charge >= 0.3 is 6.36 Å². The number of hydrogen-bond acceptors (Lipinski definition) is 3. The molecular weight excluding hydrogens is 211 g/mol. The molecule has 0 radical (unpaired) electrons. The van der Waals surface area contributed by atoms with Crippen molar-refractivity contribution >= 4 is 0 Å². The zero-order valence-corrected chi connectivity index (χ0v) is 7.95. The molecule has 0 saturated carbocycles. The molecule has 1 aromatic heterocycles. The zero-order valence-electron chi connectivity index (χ0n) is 7.95. The quantitative estimate of drug-likeness (QED) is 0.852. The van der Waals surface area contributed by atoms with Crippen LogP contribution in [0.1, 0.15) is 25.0 Å². The molecule has 6 heteroatoms. The average molecular weight is 221 g/mol. The summed E-state index contributed by atoms with van der Waals surface area (Å²) in [7, 11) is 0. The van der Waals surface area contributed by atoms with Gasteiger partial charge in [0.25, 0.3) is 0 Å². The van der Waals surface area contributed by atoms with Crippen LogP contribution in [-0.2, 0) is 0 Å². The molecule has 1 unspecified atom stereocenters. The van der Waals surface area contributed by atoms with Crippen LogP contribution in [0.5, 0.6) is 5.88 Å². The molecule has 0 spiro atoms. The maximum Gasteiger partial charge on any atom is 0.574 e. The van der Waals surface area contributed by atoms with E-state index in [0.717, 1.165) is 12.3 Å². The molecular formula is C9H10F3NO2. The van der Waals surface area contributed by atoms with Crippen molar-refractivity contribution < 1.29 is 23.0 Å². The largest absolute Gasteiger partial charge is 0.574 e. The second-order valence-electron chi connectivity index (χ2n) is 2.90. The third kappa shape index (κ3) is 3.75. The number of aliphatic hydroxyl groups excluding tert-OH is 1. The molecule has 0 aliphatic rings. The number of rotatable bonds is 3. The summed E-state index contributed by atoms with van der Waals surface area (Å²) in [6, 6.07) is 2.42. The SMILES string of the molecule is CCC(O)c1ccc(OC(F)(F)F)nc1. The minimum Gasteiger partial charge on any atom is -0.388 e. The molecule has 1 aromatic rings.